The number of methoxy groups -OCH3 is 2. The molecule has 2 rings (SSSR count). The van der Waals surface area contributed by atoms with Crippen molar-refractivity contribution >= 4 is 35.2 Å². The van der Waals surface area contributed by atoms with Gasteiger partial charge >= 0.3 is 0 Å². The molecule has 14 nitrogen and oxygen atoms in total. The van der Waals surface area contributed by atoms with Gasteiger partial charge in [0.05, 0.1) is 48.7 Å². The highest BCUT2D eigenvalue weighted by Crippen LogP contribution is 2.29. The molecule has 1 aromatic rings. The topological polar surface area (TPSA) is 169 Å². The van der Waals surface area contributed by atoms with Crippen LogP contribution in [0.1, 0.15) is 72.8 Å². The number of nitrogens with one attached hydrogen (secondary N) is 2. The normalized spacial score (nSPS) is 19.0. The zero-order valence-corrected chi connectivity index (χ0v) is 34.3. The van der Waals surface area contributed by atoms with Crippen molar-refractivity contribution in [3.05, 3.63) is 45.3 Å². The molecule has 1 fully saturated rings. The second kappa shape index (κ2) is 22.1. The second-order valence-corrected chi connectivity index (χ2v) is 15.3. The van der Waals surface area contributed by atoms with E-state index in [1.165, 1.54) is 12.0 Å². The van der Waals surface area contributed by atoms with Crippen molar-refractivity contribution in [1.29, 1.82) is 0 Å². The van der Waals surface area contributed by atoms with Gasteiger partial charge in [-0.2, -0.15) is 0 Å². The zero-order chi connectivity index (χ0) is 40.0. The van der Waals surface area contributed by atoms with Crippen LogP contribution in [0.5, 0.6) is 0 Å². The molecule has 4 amide bonds. The Morgan fingerprint density at radius 1 is 1.04 bits per heavy atom. The van der Waals surface area contributed by atoms with Crippen molar-refractivity contribution in [3.8, 4) is 0 Å². The predicted molar refractivity (Wildman–Crippen MR) is 207 cm³/mol. The Bertz CT molecular complexity index is 1380. The number of rotatable bonds is 21. The maximum atomic E-state index is 14.3. The summed E-state index contributed by atoms with van der Waals surface area (Å²) in [6.45, 7) is 12.2. The molecular weight excluding hydrogens is 700 g/mol. The van der Waals surface area contributed by atoms with Crippen LogP contribution < -0.4 is 10.6 Å². The third-order valence-electron chi connectivity index (χ3n) is 10.6. The number of halogens is 1. The van der Waals surface area contributed by atoms with Crippen LogP contribution in [0.15, 0.2) is 29.4 Å². The first-order valence-corrected chi connectivity index (χ1v) is 19.1. The number of hydrogen-bond donors (Lipinski definition) is 2. The molecule has 15 heteroatoms. The van der Waals surface area contributed by atoms with Crippen LogP contribution in [0.25, 0.3) is 10.4 Å². The molecule has 298 valence electrons. The largest absolute Gasteiger partial charge is 0.379 e. The summed E-state index contributed by atoms with van der Waals surface area (Å²) in [6, 6.07) is 4.07. The highest BCUT2D eigenvalue weighted by atomic mass is 35.5. The summed E-state index contributed by atoms with van der Waals surface area (Å²) in [6.07, 6.45) is 1.53. The molecule has 9 atom stereocenters. The van der Waals surface area contributed by atoms with Crippen molar-refractivity contribution in [2.24, 2.45) is 22.9 Å². The van der Waals surface area contributed by atoms with Gasteiger partial charge in [0.1, 0.15) is 6.04 Å². The van der Waals surface area contributed by atoms with E-state index in [-0.39, 0.29) is 42.0 Å². The van der Waals surface area contributed by atoms with E-state index >= 15 is 0 Å². The zero-order valence-electron chi connectivity index (χ0n) is 33.5. The van der Waals surface area contributed by atoms with Crippen LogP contribution in [0.3, 0.4) is 0 Å². The average Bonchev–Trinajstić information content (AvgIpc) is 3.60. The Morgan fingerprint density at radius 3 is 2.21 bits per heavy atom. The summed E-state index contributed by atoms with van der Waals surface area (Å²) in [7, 11) is 8.31. The van der Waals surface area contributed by atoms with Gasteiger partial charge in [0.2, 0.25) is 23.6 Å². The van der Waals surface area contributed by atoms with Gasteiger partial charge in [-0.05, 0) is 68.4 Å². The summed E-state index contributed by atoms with van der Waals surface area (Å²) in [4.78, 5) is 63.1. The number of hydrogen-bond acceptors (Lipinski definition) is 8. The summed E-state index contributed by atoms with van der Waals surface area (Å²) in [5.41, 5.74) is 10.3. The third kappa shape index (κ3) is 12.6. The minimum Gasteiger partial charge on any atom is -0.379 e. The molecule has 0 radical (unpaired) electrons. The van der Waals surface area contributed by atoms with Gasteiger partial charge in [-0.25, -0.2) is 0 Å². The van der Waals surface area contributed by atoms with E-state index in [9.17, 15) is 24.7 Å². The van der Waals surface area contributed by atoms with Gasteiger partial charge in [-0.1, -0.05) is 76.8 Å². The number of carbonyl (C=O) groups is 4. The molecule has 1 saturated heterocycles. The van der Waals surface area contributed by atoms with Gasteiger partial charge in [0, 0.05) is 44.3 Å². The number of carbonyl (C=O) groups excluding carboxylic acids is 4. The van der Waals surface area contributed by atoms with E-state index in [0.717, 1.165) is 12.0 Å². The molecular formula is C38H63ClN8O6. The Hall–Kier alpha value is -3.42. The van der Waals surface area contributed by atoms with Crippen LogP contribution >= 0.6 is 11.6 Å². The number of ether oxygens (including phenoxy) is 2. The molecule has 1 heterocycles. The molecule has 1 aromatic carbocycles. The molecule has 0 bridgehead atoms. The van der Waals surface area contributed by atoms with Crippen molar-refractivity contribution in [3.63, 3.8) is 0 Å². The molecule has 0 aromatic heterocycles. The minimum atomic E-state index is -1.14. The monoisotopic (exact) mass is 762 g/mol. The Balaban J connectivity index is 2.26. The smallest absolute Gasteiger partial charge is 0.245 e. The van der Waals surface area contributed by atoms with Gasteiger partial charge < -0.3 is 29.9 Å². The summed E-state index contributed by atoms with van der Waals surface area (Å²) >= 11 is 5.99. The minimum absolute atomic E-state index is 0.0172. The van der Waals surface area contributed by atoms with Gasteiger partial charge in [-0.3, -0.25) is 24.1 Å². The fourth-order valence-electron chi connectivity index (χ4n) is 7.58. The molecule has 1 aliphatic rings. The lowest BCUT2D eigenvalue weighted by Gasteiger charge is -2.41. The highest BCUT2D eigenvalue weighted by Gasteiger charge is 2.43. The van der Waals surface area contributed by atoms with Crippen molar-refractivity contribution in [2.45, 2.75) is 116 Å². The highest BCUT2D eigenvalue weighted by molar-refractivity contribution is 6.30. The van der Waals surface area contributed by atoms with Gasteiger partial charge in [-0.15, -0.1) is 0 Å². The van der Waals surface area contributed by atoms with Gasteiger partial charge in [0.25, 0.3) is 0 Å². The molecule has 1 aliphatic heterocycles. The van der Waals surface area contributed by atoms with E-state index in [1.54, 1.807) is 45.0 Å². The molecule has 53 heavy (non-hydrogen) atoms. The third-order valence-corrected chi connectivity index (χ3v) is 10.9. The number of amides is 4. The van der Waals surface area contributed by atoms with Crippen LogP contribution in [0.2, 0.25) is 5.02 Å². The number of benzene rings is 1. The summed E-state index contributed by atoms with van der Waals surface area (Å²) < 4.78 is 11.9. The Labute approximate surface area is 321 Å². The fourth-order valence-corrected chi connectivity index (χ4v) is 7.70. The lowest BCUT2D eigenvalue weighted by atomic mass is 9.89. The maximum Gasteiger partial charge on any atom is 0.245 e. The predicted octanol–water partition coefficient (Wildman–Crippen LogP) is 4.69. The molecule has 0 saturated carbocycles. The number of likely N-dealkylation sites (tertiary alicyclic amines) is 1. The first kappa shape index (κ1) is 45.7. The van der Waals surface area contributed by atoms with E-state index in [1.807, 2.05) is 58.9 Å². The van der Waals surface area contributed by atoms with Crippen LogP contribution in [0.4, 0.5) is 0 Å². The molecule has 0 unspecified atom stereocenters. The van der Waals surface area contributed by atoms with Crippen LogP contribution in [0, 0.1) is 17.8 Å². The Kier molecular flexibility index (Phi) is 19.1. The van der Waals surface area contributed by atoms with E-state index in [2.05, 4.69) is 20.7 Å². The fraction of sp³-hybridized carbons (Fsp3) is 0.737. The SMILES string of the molecule is CC[C@H](C)[C@@H]([C@@H](CC(=O)N1CCC[C@H]1[C@H](OC)[C@@H](C)C(=O)NCCc1ccc(Cl)cc1)OC)N(C)C(=O)[C@@H](NC(=O)[C@H](C(C)C)N(C)C)[C@H](C)N=[N+]=[N-]. The van der Waals surface area contributed by atoms with Gasteiger partial charge in [0.15, 0.2) is 0 Å². The number of nitrogens with zero attached hydrogens (tertiary/aromatic N) is 6. The standard InChI is InChI=1S/C38H63ClN8O6/c1-12-24(4)34(46(9)38(51)32(26(6)43-44-40)42-37(50)33(23(2)3)45(7)8)30(52-10)22-31(48)47-21-13-14-29(47)35(53-11)25(5)36(49)41-20-19-27-15-17-28(39)18-16-27/h15-18,23-26,29-30,32-35H,12-14,19-22H2,1-11H3,(H,41,49)(H,42,50)/t24-,25+,26-,29-,30+,32-,33-,34-,35+/m0/s1. The maximum absolute atomic E-state index is 14.3. The van der Waals surface area contributed by atoms with E-state index < -0.39 is 48.2 Å². The lowest BCUT2D eigenvalue weighted by Crippen LogP contribution is -2.60. The number of azide groups is 1. The van der Waals surface area contributed by atoms with E-state index in [0.29, 0.717) is 37.4 Å². The quantitative estimate of drug-likeness (QED) is 0.104. The first-order chi connectivity index (χ1) is 25.0. The van der Waals surface area contributed by atoms with Crippen molar-refractivity contribution < 1.29 is 28.7 Å². The molecule has 0 aliphatic carbocycles. The summed E-state index contributed by atoms with van der Waals surface area (Å²) in [5.74, 6) is -1.79. The van der Waals surface area contributed by atoms with E-state index in [4.69, 9.17) is 21.1 Å². The van der Waals surface area contributed by atoms with Crippen LogP contribution in [-0.2, 0) is 35.1 Å². The van der Waals surface area contributed by atoms with Crippen molar-refractivity contribution in [2.75, 3.05) is 48.5 Å². The average molecular weight is 763 g/mol. The number of likely N-dealkylation sites (N-methyl/N-ethyl adjacent to an activating group) is 2. The first-order valence-electron chi connectivity index (χ1n) is 18.7. The van der Waals surface area contributed by atoms with Crippen molar-refractivity contribution in [1.82, 2.24) is 25.3 Å². The van der Waals surface area contributed by atoms with Crippen LogP contribution in [-0.4, -0.2) is 129 Å². The summed E-state index contributed by atoms with van der Waals surface area (Å²) in [5, 5.41) is 10.3. The molecule has 0 spiro atoms. The Morgan fingerprint density at radius 2 is 1.68 bits per heavy atom. The second-order valence-electron chi connectivity index (χ2n) is 14.8. The molecule has 2 N–H and O–H groups in total. The lowest BCUT2D eigenvalue weighted by molar-refractivity contribution is -0.147.